The van der Waals surface area contributed by atoms with Gasteiger partial charge < -0.3 is 15.5 Å². The van der Waals surface area contributed by atoms with E-state index in [1.165, 1.54) is 0 Å². The fourth-order valence-corrected chi connectivity index (χ4v) is 1.14. The average Bonchev–Trinajstić information content (AvgIpc) is 2.11. The molecular weight excluding hydrogens is 192 g/mol. The number of phenols is 1. The Labute approximate surface area is 80.0 Å². The van der Waals surface area contributed by atoms with Crippen LogP contribution in [0.3, 0.4) is 0 Å². The first-order chi connectivity index (χ1) is 6.56. The second-order valence-electron chi connectivity index (χ2n) is 2.90. The summed E-state index contributed by atoms with van der Waals surface area (Å²) in [5.74, 6) is -2.62. The van der Waals surface area contributed by atoms with Crippen LogP contribution in [0.1, 0.15) is 11.7 Å². The van der Waals surface area contributed by atoms with Gasteiger partial charge in [0.15, 0.2) is 11.6 Å². The van der Waals surface area contributed by atoms with Gasteiger partial charge in [-0.05, 0) is 13.1 Å². The number of aromatic hydroxyl groups is 1. The van der Waals surface area contributed by atoms with Crippen LogP contribution in [-0.4, -0.2) is 23.8 Å². The van der Waals surface area contributed by atoms with Gasteiger partial charge in [0.2, 0.25) is 0 Å². The van der Waals surface area contributed by atoms with Crippen LogP contribution in [0.2, 0.25) is 0 Å². The zero-order valence-corrected chi connectivity index (χ0v) is 7.59. The van der Waals surface area contributed by atoms with Crippen LogP contribution in [0.4, 0.5) is 8.78 Å². The van der Waals surface area contributed by atoms with Crippen LogP contribution in [0.5, 0.6) is 5.75 Å². The van der Waals surface area contributed by atoms with Gasteiger partial charge >= 0.3 is 0 Å². The Morgan fingerprint density at radius 1 is 1.43 bits per heavy atom. The van der Waals surface area contributed by atoms with Gasteiger partial charge in [0.05, 0.1) is 6.10 Å². The summed E-state index contributed by atoms with van der Waals surface area (Å²) in [5.41, 5.74) is -0.156. The van der Waals surface area contributed by atoms with Gasteiger partial charge in [-0.1, -0.05) is 0 Å². The number of nitrogens with one attached hydrogen (secondary N) is 1. The number of phenolic OH excluding ortho intramolecular Hbond substituents is 1. The van der Waals surface area contributed by atoms with Gasteiger partial charge in [-0.2, -0.15) is 0 Å². The molecule has 1 atom stereocenters. The second-order valence-corrected chi connectivity index (χ2v) is 2.90. The van der Waals surface area contributed by atoms with Crippen molar-refractivity contribution in [2.45, 2.75) is 6.10 Å². The maximum atomic E-state index is 12.8. The Morgan fingerprint density at radius 2 is 2.07 bits per heavy atom. The number of benzene rings is 1. The van der Waals surface area contributed by atoms with Crippen LogP contribution < -0.4 is 5.32 Å². The van der Waals surface area contributed by atoms with E-state index in [9.17, 15) is 19.0 Å². The summed E-state index contributed by atoms with van der Waals surface area (Å²) in [6.45, 7) is 0.108. The molecule has 0 radical (unpaired) electrons. The van der Waals surface area contributed by atoms with Gasteiger partial charge in [0.1, 0.15) is 5.82 Å². The first kappa shape index (κ1) is 10.9. The molecule has 3 N–H and O–H groups in total. The smallest absolute Gasteiger partial charge is 0.168 e. The third-order valence-corrected chi connectivity index (χ3v) is 1.81. The Kier molecular flexibility index (Phi) is 3.38. The third-order valence-electron chi connectivity index (χ3n) is 1.81. The number of rotatable bonds is 3. The van der Waals surface area contributed by atoms with Crippen molar-refractivity contribution >= 4 is 0 Å². The van der Waals surface area contributed by atoms with E-state index in [1.807, 2.05) is 0 Å². The fourth-order valence-electron chi connectivity index (χ4n) is 1.14. The standard InChI is InChI=1S/C9H11F2NO2/c1-12-4-8(13)6-2-5(10)3-7(11)9(6)14/h2-3,8,12-14H,4H2,1H3. The zero-order chi connectivity index (χ0) is 10.7. The minimum absolute atomic E-state index is 0.108. The highest BCUT2D eigenvalue weighted by atomic mass is 19.1. The van der Waals surface area contributed by atoms with Crippen molar-refractivity contribution < 1.29 is 19.0 Å². The van der Waals surface area contributed by atoms with Crippen molar-refractivity contribution in [3.63, 3.8) is 0 Å². The molecule has 0 aliphatic rings. The number of hydrogen-bond donors (Lipinski definition) is 3. The summed E-state index contributed by atoms with van der Waals surface area (Å²) in [4.78, 5) is 0. The molecular formula is C9H11F2NO2. The number of halogens is 2. The monoisotopic (exact) mass is 203 g/mol. The molecule has 3 nitrogen and oxygen atoms in total. The predicted molar refractivity (Wildman–Crippen MR) is 46.9 cm³/mol. The number of hydrogen-bond acceptors (Lipinski definition) is 3. The summed E-state index contributed by atoms with van der Waals surface area (Å²) in [6, 6.07) is 1.46. The van der Waals surface area contributed by atoms with Gasteiger partial charge in [0.25, 0.3) is 0 Å². The van der Waals surface area contributed by atoms with E-state index >= 15 is 0 Å². The Bertz CT molecular complexity index is 331. The first-order valence-electron chi connectivity index (χ1n) is 4.06. The topological polar surface area (TPSA) is 52.5 Å². The molecule has 0 aromatic heterocycles. The lowest BCUT2D eigenvalue weighted by Gasteiger charge is -2.12. The predicted octanol–water partition coefficient (Wildman–Crippen LogP) is 0.923. The van der Waals surface area contributed by atoms with E-state index in [-0.39, 0.29) is 12.1 Å². The highest BCUT2D eigenvalue weighted by molar-refractivity contribution is 5.36. The fraction of sp³-hybridized carbons (Fsp3) is 0.333. The first-order valence-corrected chi connectivity index (χ1v) is 4.06. The van der Waals surface area contributed by atoms with Crippen molar-refractivity contribution in [1.82, 2.24) is 5.32 Å². The van der Waals surface area contributed by atoms with E-state index in [0.717, 1.165) is 6.07 Å². The van der Waals surface area contributed by atoms with Crippen LogP contribution in [0, 0.1) is 11.6 Å². The molecule has 14 heavy (non-hydrogen) atoms. The second kappa shape index (κ2) is 4.34. The molecule has 0 aliphatic carbocycles. The normalized spacial score (nSPS) is 12.9. The van der Waals surface area contributed by atoms with Crippen LogP contribution in [0.25, 0.3) is 0 Å². The van der Waals surface area contributed by atoms with Gasteiger partial charge in [-0.15, -0.1) is 0 Å². The number of aliphatic hydroxyl groups is 1. The number of aliphatic hydroxyl groups excluding tert-OH is 1. The summed E-state index contributed by atoms with van der Waals surface area (Å²) < 4.78 is 25.5. The molecule has 1 aromatic carbocycles. The molecule has 78 valence electrons. The average molecular weight is 203 g/mol. The van der Waals surface area contributed by atoms with Crippen LogP contribution in [-0.2, 0) is 0 Å². The van der Waals surface area contributed by atoms with E-state index in [4.69, 9.17) is 0 Å². The van der Waals surface area contributed by atoms with Gasteiger partial charge in [0, 0.05) is 18.2 Å². The van der Waals surface area contributed by atoms with Gasteiger partial charge in [-0.25, -0.2) is 8.78 Å². The minimum Gasteiger partial charge on any atom is -0.505 e. The number of likely N-dealkylation sites (N-methyl/N-ethyl adjacent to an activating group) is 1. The highest BCUT2D eigenvalue weighted by Gasteiger charge is 2.16. The zero-order valence-electron chi connectivity index (χ0n) is 7.59. The molecule has 0 saturated heterocycles. The molecule has 0 bridgehead atoms. The van der Waals surface area contributed by atoms with Crippen molar-refractivity contribution in [3.8, 4) is 5.75 Å². The molecule has 0 aliphatic heterocycles. The Morgan fingerprint density at radius 3 is 2.64 bits per heavy atom. The van der Waals surface area contributed by atoms with E-state index < -0.39 is 23.5 Å². The quantitative estimate of drug-likeness (QED) is 0.684. The SMILES string of the molecule is CNCC(O)c1cc(F)cc(F)c1O. The van der Waals surface area contributed by atoms with E-state index in [2.05, 4.69) is 5.32 Å². The summed E-state index contributed by atoms with van der Waals surface area (Å²) in [7, 11) is 1.58. The summed E-state index contributed by atoms with van der Waals surface area (Å²) >= 11 is 0. The van der Waals surface area contributed by atoms with Crippen molar-refractivity contribution in [2.24, 2.45) is 0 Å². The molecule has 5 heteroatoms. The molecule has 1 rings (SSSR count). The molecule has 0 spiro atoms. The van der Waals surface area contributed by atoms with Gasteiger partial charge in [-0.3, -0.25) is 0 Å². The molecule has 1 aromatic rings. The molecule has 0 fully saturated rings. The summed E-state index contributed by atoms with van der Waals surface area (Å²) in [5, 5.41) is 21.2. The largest absolute Gasteiger partial charge is 0.505 e. The maximum absolute atomic E-state index is 12.8. The Balaban J connectivity index is 3.07. The van der Waals surface area contributed by atoms with E-state index in [1.54, 1.807) is 7.05 Å². The highest BCUT2D eigenvalue weighted by Crippen LogP contribution is 2.27. The lowest BCUT2D eigenvalue weighted by atomic mass is 10.1. The lowest BCUT2D eigenvalue weighted by molar-refractivity contribution is 0.172. The molecule has 0 saturated carbocycles. The van der Waals surface area contributed by atoms with E-state index in [0.29, 0.717) is 6.07 Å². The molecule has 0 heterocycles. The van der Waals surface area contributed by atoms with Crippen LogP contribution in [0.15, 0.2) is 12.1 Å². The Hall–Kier alpha value is -1.20. The third kappa shape index (κ3) is 2.18. The molecule has 1 unspecified atom stereocenters. The minimum atomic E-state index is -1.13. The van der Waals surface area contributed by atoms with Crippen molar-refractivity contribution in [1.29, 1.82) is 0 Å². The lowest BCUT2D eigenvalue weighted by Crippen LogP contribution is -2.17. The molecule has 0 amide bonds. The van der Waals surface area contributed by atoms with Crippen molar-refractivity contribution in [3.05, 3.63) is 29.3 Å². The van der Waals surface area contributed by atoms with Crippen LogP contribution >= 0.6 is 0 Å². The summed E-state index contributed by atoms with van der Waals surface area (Å²) in [6.07, 6.45) is -1.13. The van der Waals surface area contributed by atoms with Crippen molar-refractivity contribution in [2.75, 3.05) is 13.6 Å². The maximum Gasteiger partial charge on any atom is 0.168 e.